The number of piperazine rings is 1. The lowest BCUT2D eigenvalue weighted by molar-refractivity contribution is -0.132. The number of rotatable bonds is 7. The number of hydrogen-bond acceptors (Lipinski definition) is 4. The summed E-state index contributed by atoms with van der Waals surface area (Å²) < 4.78 is 5.42. The average molecular weight is 347 g/mol. The van der Waals surface area contributed by atoms with Crippen molar-refractivity contribution in [1.29, 1.82) is 0 Å². The van der Waals surface area contributed by atoms with E-state index in [0.717, 1.165) is 24.4 Å². The monoisotopic (exact) mass is 347 g/mol. The molecule has 0 radical (unpaired) electrons. The summed E-state index contributed by atoms with van der Waals surface area (Å²) in [6.07, 6.45) is 0.403. The largest absolute Gasteiger partial charge is 0.494 e. The van der Waals surface area contributed by atoms with Crippen LogP contribution in [-0.2, 0) is 16.0 Å². The predicted molar refractivity (Wildman–Crippen MR) is 97.6 cm³/mol. The van der Waals surface area contributed by atoms with Gasteiger partial charge in [0.15, 0.2) is 0 Å². The van der Waals surface area contributed by atoms with Crippen LogP contribution in [0.3, 0.4) is 0 Å². The van der Waals surface area contributed by atoms with Gasteiger partial charge in [-0.3, -0.25) is 14.5 Å². The van der Waals surface area contributed by atoms with Gasteiger partial charge < -0.3 is 15.0 Å². The normalized spacial score (nSPS) is 15.3. The van der Waals surface area contributed by atoms with Crippen LogP contribution in [0.5, 0.6) is 5.75 Å². The number of nitrogens with one attached hydrogen (secondary N) is 1. The minimum atomic E-state index is 0.0455. The van der Waals surface area contributed by atoms with Crippen molar-refractivity contribution in [3.8, 4) is 5.75 Å². The molecule has 1 aromatic rings. The first kappa shape index (κ1) is 19.2. The molecular weight excluding hydrogens is 318 g/mol. The molecule has 0 saturated carbocycles. The van der Waals surface area contributed by atoms with Crippen LogP contribution in [0.4, 0.5) is 0 Å². The highest BCUT2D eigenvalue weighted by atomic mass is 16.5. The topological polar surface area (TPSA) is 61.9 Å². The van der Waals surface area contributed by atoms with Gasteiger partial charge >= 0.3 is 0 Å². The Hall–Kier alpha value is -2.08. The summed E-state index contributed by atoms with van der Waals surface area (Å²) in [6, 6.07) is 7.84. The van der Waals surface area contributed by atoms with E-state index in [0.29, 0.717) is 32.7 Å². The summed E-state index contributed by atoms with van der Waals surface area (Å²) in [7, 11) is 0. The van der Waals surface area contributed by atoms with Gasteiger partial charge in [-0.1, -0.05) is 12.1 Å². The van der Waals surface area contributed by atoms with Crippen molar-refractivity contribution in [3.05, 3.63) is 29.8 Å². The molecule has 0 unspecified atom stereocenters. The van der Waals surface area contributed by atoms with Gasteiger partial charge in [0.05, 0.1) is 19.6 Å². The highest BCUT2D eigenvalue weighted by Crippen LogP contribution is 2.13. The summed E-state index contributed by atoms with van der Waals surface area (Å²) >= 11 is 0. The third kappa shape index (κ3) is 6.38. The molecule has 2 amide bonds. The van der Waals surface area contributed by atoms with E-state index in [1.165, 1.54) is 0 Å². The Kier molecular flexibility index (Phi) is 7.25. The van der Waals surface area contributed by atoms with Crippen LogP contribution in [0.15, 0.2) is 24.3 Å². The summed E-state index contributed by atoms with van der Waals surface area (Å²) in [6.45, 7) is 9.71. The number of ether oxygens (including phenoxy) is 1. The van der Waals surface area contributed by atoms with Crippen molar-refractivity contribution in [2.24, 2.45) is 0 Å². The number of amides is 2. The van der Waals surface area contributed by atoms with Gasteiger partial charge in [0.2, 0.25) is 11.8 Å². The molecule has 1 aliphatic heterocycles. The average Bonchev–Trinajstić information content (AvgIpc) is 2.56. The molecule has 6 nitrogen and oxygen atoms in total. The quantitative estimate of drug-likeness (QED) is 0.808. The lowest BCUT2D eigenvalue weighted by atomic mass is 10.1. The van der Waals surface area contributed by atoms with Crippen molar-refractivity contribution in [2.45, 2.75) is 33.2 Å². The Morgan fingerprint density at radius 1 is 1.12 bits per heavy atom. The SMILES string of the molecule is CCOc1ccc(CC(=O)N2CCN(CC(=O)NC(C)C)CC2)cc1. The second-order valence-electron chi connectivity index (χ2n) is 6.63. The van der Waals surface area contributed by atoms with Crippen molar-refractivity contribution < 1.29 is 14.3 Å². The Morgan fingerprint density at radius 3 is 2.32 bits per heavy atom. The molecule has 1 saturated heterocycles. The van der Waals surface area contributed by atoms with Crippen molar-refractivity contribution >= 4 is 11.8 Å². The van der Waals surface area contributed by atoms with Crippen molar-refractivity contribution in [3.63, 3.8) is 0 Å². The maximum atomic E-state index is 12.4. The molecule has 1 N–H and O–H groups in total. The molecule has 2 rings (SSSR count). The molecule has 0 aromatic heterocycles. The summed E-state index contributed by atoms with van der Waals surface area (Å²) in [5.41, 5.74) is 0.993. The maximum Gasteiger partial charge on any atom is 0.234 e. The van der Waals surface area contributed by atoms with E-state index < -0.39 is 0 Å². The van der Waals surface area contributed by atoms with Crippen LogP contribution in [0, 0.1) is 0 Å². The molecule has 138 valence electrons. The maximum absolute atomic E-state index is 12.4. The molecule has 1 aliphatic rings. The minimum Gasteiger partial charge on any atom is -0.494 e. The molecular formula is C19H29N3O3. The van der Waals surface area contributed by atoms with Crippen LogP contribution < -0.4 is 10.1 Å². The molecule has 0 bridgehead atoms. The zero-order valence-corrected chi connectivity index (χ0v) is 15.5. The first-order chi connectivity index (χ1) is 12.0. The number of benzene rings is 1. The lowest BCUT2D eigenvalue weighted by Gasteiger charge is -2.34. The van der Waals surface area contributed by atoms with Crippen LogP contribution >= 0.6 is 0 Å². The van der Waals surface area contributed by atoms with Gasteiger partial charge in [-0.05, 0) is 38.5 Å². The van der Waals surface area contributed by atoms with Gasteiger partial charge in [0.25, 0.3) is 0 Å². The summed E-state index contributed by atoms with van der Waals surface area (Å²) in [5.74, 6) is 1.01. The van der Waals surface area contributed by atoms with Gasteiger partial charge in [-0.15, -0.1) is 0 Å². The molecule has 25 heavy (non-hydrogen) atoms. The summed E-state index contributed by atoms with van der Waals surface area (Å²) in [4.78, 5) is 28.2. The Balaban J connectivity index is 1.76. The van der Waals surface area contributed by atoms with E-state index in [4.69, 9.17) is 4.74 Å². The first-order valence-corrected chi connectivity index (χ1v) is 8.99. The van der Waals surface area contributed by atoms with E-state index in [1.807, 2.05) is 49.9 Å². The minimum absolute atomic E-state index is 0.0455. The van der Waals surface area contributed by atoms with Gasteiger partial charge in [0, 0.05) is 32.2 Å². The molecule has 1 aromatic carbocycles. The molecule has 0 atom stereocenters. The Bertz CT molecular complexity index is 564. The van der Waals surface area contributed by atoms with E-state index in [-0.39, 0.29) is 17.9 Å². The number of nitrogens with zero attached hydrogens (tertiary/aromatic N) is 2. The van der Waals surface area contributed by atoms with E-state index in [9.17, 15) is 9.59 Å². The van der Waals surface area contributed by atoms with Crippen molar-refractivity contribution in [1.82, 2.24) is 15.1 Å². The van der Waals surface area contributed by atoms with Gasteiger partial charge in [-0.25, -0.2) is 0 Å². The fourth-order valence-corrected chi connectivity index (χ4v) is 2.88. The first-order valence-electron chi connectivity index (χ1n) is 8.99. The number of carbonyl (C=O) groups excluding carboxylic acids is 2. The van der Waals surface area contributed by atoms with Crippen LogP contribution in [0.2, 0.25) is 0 Å². The van der Waals surface area contributed by atoms with E-state index >= 15 is 0 Å². The molecule has 1 heterocycles. The molecule has 1 fully saturated rings. The smallest absolute Gasteiger partial charge is 0.234 e. The Morgan fingerprint density at radius 2 is 1.76 bits per heavy atom. The third-order valence-corrected chi connectivity index (χ3v) is 4.13. The van der Waals surface area contributed by atoms with Gasteiger partial charge in [-0.2, -0.15) is 0 Å². The van der Waals surface area contributed by atoms with Crippen LogP contribution in [-0.4, -0.2) is 67.0 Å². The predicted octanol–water partition coefficient (Wildman–Crippen LogP) is 1.30. The molecule has 6 heteroatoms. The Labute approximate surface area is 150 Å². The fraction of sp³-hybridized carbons (Fsp3) is 0.579. The second kappa shape index (κ2) is 9.42. The molecule has 0 spiro atoms. The second-order valence-corrected chi connectivity index (χ2v) is 6.63. The zero-order valence-electron chi connectivity index (χ0n) is 15.5. The highest BCUT2D eigenvalue weighted by molar-refractivity contribution is 5.79. The molecule has 0 aliphatic carbocycles. The van der Waals surface area contributed by atoms with Crippen LogP contribution in [0.25, 0.3) is 0 Å². The third-order valence-electron chi connectivity index (χ3n) is 4.13. The van der Waals surface area contributed by atoms with E-state index in [2.05, 4.69) is 10.2 Å². The number of hydrogen-bond donors (Lipinski definition) is 1. The van der Waals surface area contributed by atoms with Gasteiger partial charge in [0.1, 0.15) is 5.75 Å². The van der Waals surface area contributed by atoms with E-state index in [1.54, 1.807) is 0 Å². The van der Waals surface area contributed by atoms with Crippen LogP contribution in [0.1, 0.15) is 26.3 Å². The van der Waals surface area contributed by atoms with Crippen molar-refractivity contribution in [2.75, 3.05) is 39.3 Å². The zero-order chi connectivity index (χ0) is 18.2. The fourth-order valence-electron chi connectivity index (χ4n) is 2.88. The number of carbonyl (C=O) groups is 2. The standard InChI is InChI=1S/C19H29N3O3/c1-4-25-17-7-5-16(6-8-17)13-19(24)22-11-9-21(10-12-22)14-18(23)20-15(2)3/h5-8,15H,4,9-14H2,1-3H3,(H,20,23). The highest BCUT2D eigenvalue weighted by Gasteiger charge is 2.22. The lowest BCUT2D eigenvalue weighted by Crippen LogP contribution is -2.51. The summed E-state index contributed by atoms with van der Waals surface area (Å²) in [5, 5.41) is 2.90.